The highest BCUT2D eigenvalue weighted by molar-refractivity contribution is 5.80. The minimum absolute atomic E-state index is 0.0867. The molecule has 146 valence electrons. The molecule has 1 fully saturated rings. The molecule has 1 aliphatic carbocycles. The predicted molar refractivity (Wildman–Crippen MR) is 99.9 cm³/mol. The van der Waals surface area contributed by atoms with Crippen molar-refractivity contribution in [2.45, 2.75) is 70.7 Å². The molecular weight excluding hydrogens is 332 g/mol. The number of ether oxygens (including phenoxy) is 1. The first kappa shape index (κ1) is 19.1. The lowest BCUT2D eigenvalue weighted by Crippen LogP contribution is -2.51. The second-order valence-electron chi connectivity index (χ2n) is 7.78. The van der Waals surface area contributed by atoms with Crippen LogP contribution in [0.1, 0.15) is 50.7 Å². The van der Waals surface area contributed by atoms with Crippen LogP contribution in [0.25, 0.3) is 0 Å². The zero-order chi connectivity index (χ0) is 18.6. The van der Waals surface area contributed by atoms with Gasteiger partial charge in [-0.25, -0.2) is 9.67 Å². The second-order valence-corrected chi connectivity index (χ2v) is 7.78. The maximum absolute atomic E-state index is 10.4. The normalized spacial score (nSPS) is 29.3. The number of aryl methyl sites for hydroxylation is 1. The number of aliphatic imine (C=N–C) groups is 1. The van der Waals surface area contributed by atoms with Gasteiger partial charge in [0.15, 0.2) is 11.8 Å². The summed E-state index contributed by atoms with van der Waals surface area (Å²) in [6.45, 7) is 4.11. The summed E-state index contributed by atoms with van der Waals surface area (Å²) < 4.78 is 7.09. The summed E-state index contributed by atoms with van der Waals surface area (Å²) in [5.74, 6) is 2.55. The number of methoxy groups -OCH3 is 1. The molecule has 0 saturated heterocycles. The van der Waals surface area contributed by atoms with Crippen molar-refractivity contribution in [3.8, 4) is 0 Å². The van der Waals surface area contributed by atoms with E-state index < -0.39 is 0 Å². The number of hydrogen-bond acceptors (Lipinski definition) is 5. The van der Waals surface area contributed by atoms with Crippen molar-refractivity contribution in [1.82, 2.24) is 25.4 Å². The first-order chi connectivity index (χ1) is 12.5. The Morgan fingerprint density at radius 3 is 3.00 bits per heavy atom. The van der Waals surface area contributed by atoms with Crippen molar-refractivity contribution in [2.75, 3.05) is 20.7 Å². The first-order valence-electron chi connectivity index (χ1n) is 9.61. The van der Waals surface area contributed by atoms with Gasteiger partial charge in [-0.1, -0.05) is 19.8 Å². The molecule has 1 saturated carbocycles. The van der Waals surface area contributed by atoms with Gasteiger partial charge >= 0.3 is 0 Å². The quantitative estimate of drug-likeness (QED) is 0.529. The molecule has 3 N–H and O–H groups in total. The fourth-order valence-corrected chi connectivity index (χ4v) is 3.93. The molecule has 26 heavy (non-hydrogen) atoms. The van der Waals surface area contributed by atoms with Gasteiger partial charge in [0.25, 0.3) is 0 Å². The van der Waals surface area contributed by atoms with E-state index >= 15 is 0 Å². The monoisotopic (exact) mass is 364 g/mol. The van der Waals surface area contributed by atoms with Gasteiger partial charge in [0.05, 0.1) is 12.6 Å². The average Bonchev–Trinajstić information content (AvgIpc) is 3.03. The third-order valence-electron chi connectivity index (χ3n) is 5.68. The molecule has 0 bridgehead atoms. The lowest BCUT2D eigenvalue weighted by atomic mass is 9.73. The standard InChI is InChI=1S/C18H32N6O2/c1-18(9-5-4-6-14(18)25)12-20-17(19-2)21-13-7-8-16-22-15(11-26-3)23-24(16)10-13/h13-14,25H,4-12H2,1-3H3,(H2,19,20,21). The number of nitrogens with zero attached hydrogens (tertiary/aromatic N) is 4. The van der Waals surface area contributed by atoms with Gasteiger partial charge in [0.2, 0.25) is 0 Å². The Morgan fingerprint density at radius 2 is 2.27 bits per heavy atom. The fourth-order valence-electron chi connectivity index (χ4n) is 3.93. The Labute approximate surface area is 155 Å². The first-order valence-corrected chi connectivity index (χ1v) is 9.61. The Bertz CT molecular complexity index is 631. The Hall–Kier alpha value is -1.67. The van der Waals surface area contributed by atoms with Crippen LogP contribution in [-0.4, -0.2) is 58.7 Å². The molecule has 2 aliphatic rings. The highest BCUT2D eigenvalue weighted by Gasteiger charge is 2.35. The number of fused-ring (bicyclic) bond motifs is 1. The van der Waals surface area contributed by atoms with Crippen LogP contribution in [0, 0.1) is 5.41 Å². The summed E-state index contributed by atoms with van der Waals surface area (Å²) in [6.07, 6.45) is 5.89. The molecule has 2 heterocycles. The molecule has 0 amide bonds. The van der Waals surface area contributed by atoms with Crippen LogP contribution in [0.2, 0.25) is 0 Å². The number of hydrogen-bond donors (Lipinski definition) is 3. The minimum Gasteiger partial charge on any atom is -0.392 e. The van der Waals surface area contributed by atoms with Gasteiger partial charge in [-0.2, -0.15) is 5.10 Å². The van der Waals surface area contributed by atoms with Gasteiger partial charge in [-0.05, 0) is 19.3 Å². The van der Waals surface area contributed by atoms with E-state index in [1.807, 2.05) is 4.68 Å². The number of nitrogens with one attached hydrogen (secondary N) is 2. The lowest BCUT2D eigenvalue weighted by molar-refractivity contribution is 0.00394. The molecule has 3 atom stereocenters. The smallest absolute Gasteiger partial charge is 0.191 e. The second kappa shape index (κ2) is 8.35. The zero-order valence-corrected chi connectivity index (χ0v) is 16.2. The van der Waals surface area contributed by atoms with Crippen LogP contribution in [0.5, 0.6) is 0 Å². The van der Waals surface area contributed by atoms with Crippen molar-refractivity contribution >= 4 is 5.96 Å². The van der Waals surface area contributed by atoms with E-state index in [1.165, 1.54) is 6.42 Å². The number of aromatic nitrogens is 3. The molecule has 8 heteroatoms. The molecule has 1 aromatic rings. The maximum atomic E-state index is 10.4. The largest absolute Gasteiger partial charge is 0.392 e. The summed E-state index contributed by atoms with van der Waals surface area (Å²) in [4.78, 5) is 8.88. The summed E-state index contributed by atoms with van der Waals surface area (Å²) >= 11 is 0. The fraction of sp³-hybridized carbons (Fsp3) is 0.833. The van der Waals surface area contributed by atoms with Crippen molar-refractivity contribution in [2.24, 2.45) is 10.4 Å². The molecular formula is C18H32N6O2. The lowest BCUT2D eigenvalue weighted by Gasteiger charge is -2.39. The predicted octanol–water partition coefficient (Wildman–Crippen LogP) is 0.845. The third kappa shape index (κ3) is 4.35. The van der Waals surface area contributed by atoms with E-state index in [0.29, 0.717) is 6.61 Å². The third-order valence-corrected chi connectivity index (χ3v) is 5.68. The maximum Gasteiger partial charge on any atom is 0.191 e. The van der Waals surface area contributed by atoms with Gasteiger partial charge in [0.1, 0.15) is 12.4 Å². The number of aliphatic hydroxyl groups excluding tert-OH is 1. The Morgan fingerprint density at radius 1 is 1.42 bits per heavy atom. The Kier molecular flexibility index (Phi) is 6.13. The van der Waals surface area contributed by atoms with Crippen molar-refractivity contribution in [3.63, 3.8) is 0 Å². The van der Waals surface area contributed by atoms with Crippen LogP contribution in [-0.2, 0) is 24.3 Å². The summed E-state index contributed by atoms with van der Waals surface area (Å²) in [5, 5.41) is 21.8. The molecule has 3 rings (SSSR count). The molecule has 1 aromatic heterocycles. The van der Waals surface area contributed by atoms with Crippen LogP contribution in [0.4, 0.5) is 0 Å². The topological polar surface area (TPSA) is 96.6 Å². The van der Waals surface area contributed by atoms with E-state index in [-0.39, 0.29) is 17.6 Å². The van der Waals surface area contributed by atoms with Crippen LogP contribution in [0.3, 0.4) is 0 Å². The minimum atomic E-state index is -0.242. The van der Waals surface area contributed by atoms with Crippen molar-refractivity contribution in [1.29, 1.82) is 0 Å². The van der Waals surface area contributed by atoms with Crippen molar-refractivity contribution in [3.05, 3.63) is 11.6 Å². The van der Waals surface area contributed by atoms with Crippen LogP contribution in [0.15, 0.2) is 4.99 Å². The van der Waals surface area contributed by atoms with Crippen molar-refractivity contribution < 1.29 is 9.84 Å². The SMILES string of the molecule is CN=C(NCC1(C)CCCCC1O)NC1CCc2nc(COC)nn2C1. The highest BCUT2D eigenvalue weighted by atomic mass is 16.5. The zero-order valence-electron chi connectivity index (χ0n) is 16.2. The van der Waals surface area contributed by atoms with E-state index in [4.69, 9.17) is 4.74 Å². The van der Waals surface area contributed by atoms with Gasteiger partial charge in [0, 0.05) is 38.6 Å². The number of rotatable bonds is 5. The van der Waals surface area contributed by atoms with Gasteiger partial charge in [-0.15, -0.1) is 0 Å². The average molecular weight is 364 g/mol. The molecule has 3 unspecified atom stereocenters. The summed E-state index contributed by atoms with van der Waals surface area (Å²) in [6, 6.07) is 0.259. The number of aliphatic hydroxyl groups is 1. The summed E-state index contributed by atoms with van der Waals surface area (Å²) in [7, 11) is 3.44. The van der Waals surface area contributed by atoms with E-state index in [2.05, 4.69) is 32.6 Å². The van der Waals surface area contributed by atoms with Gasteiger partial charge in [-0.3, -0.25) is 4.99 Å². The number of guanidine groups is 1. The molecule has 0 aromatic carbocycles. The van der Waals surface area contributed by atoms with E-state index in [0.717, 1.165) is 62.8 Å². The molecule has 0 spiro atoms. The van der Waals surface area contributed by atoms with E-state index in [1.54, 1.807) is 14.2 Å². The van der Waals surface area contributed by atoms with Gasteiger partial charge < -0.3 is 20.5 Å². The highest BCUT2D eigenvalue weighted by Crippen LogP contribution is 2.35. The summed E-state index contributed by atoms with van der Waals surface area (Å²) in [5.41, 5.74) is -0.0867. The molecule has 1 aliphatic heterocycles. The molecule has 8 nitrogen and oxygen atoms in total. The van der Waals surface area contributed by atoms with Crippen LogP contribution < -0.4 is 10.6 Å². The molecule has 0 radical (unpaired) electrons. The van der Waals surface area contributed by atoms with Crippen LogP contribution >= 0.6 is 0 Å². The Balaban J connectivity index is 1.53. The van der Waals surface area contributed by atoms with E-state index in [9.17, 15) is 5.11 Å².